The highest BCUT2D eigenvalue weighted by molar-refractivity contribution is 5.17. The third-order valence-corrected chi connectivity index (χ3v) is 36.7. The molecule has 0 saturated heterocycles. The molecule has 0 heterocycles. The Balaban J connectivity index is 0.000000135. The summed E-state index contributed by atoms with van der Waals surface area (Å²) in [5.41, 5.74) is 11.3. The van der Waals surface area contributed by atoms with Gasteiger partial charge in [0.15, 0.2) is 0 Å². The normalized spacial score (nSPS) is 50.5. The molecule has 0 nitrogen and oxygen atoms in total. The van der Waals surface area contributed by atoms with Crippen LogP contribution in [0.4, 0.5) is 0 Å². The molecule has 18 saturated carbocycles. The van der Waals surface area contributed by atoms with Gasteiger partial charge in [0, 0.05) is 0 Å². The van der Waals surface area contributed by atoms with Crippen LogP contribution in [0.5, 0.6) is 0 Å². The van der Waals surface area contributed by atoms with Gasteiger partial charge in [-0.15, -0.1) is 0 Å². The maximum atomic E-state index is 2.58. The van der Waals surface area contributed by atoms with E-state index in [0.717, 1.165) is 109 Å². The zero-order chi connectivity index (χ0) is 72.2. The van der Waals surface area contributed by atoms with Crippen molar-refractivity contribution < 1.29 is 0 Å². The Morgan fingerprint density at radius 2 is 0.485 bits per heavy atom. The highest BCUT2D eigenvalue weighted by atomic mass is 14.7. The van der Waals surface area contributed by atoms with Crippen LogP contribution in [-0.4, -0.2) is 0 Å². The fourth-order valence-corrected chi connectivity index (χ4v) is 34.9. The molecule has 18 fully saturated rings. The van der Waals surface area contributed by atoms with Gasteiger partial charge in [-0.1, -0.05) is 246 Å². The third kappa shape index (κ3) is 17.5. The maximum absolute atomic E-state index is 2.58. The summed E-state index contributed by atoms with van der Waals surface area (Å²) in [4.78, 5) is 0. The molecular formula is C99H182. The number of hydrogen-bond donors (Lipinski definition) is 0. The minimum absolute atomic E-state index is 0. The zero-order valence-corrected chi connectivity index (χ0v) is 72.2. The molecule has 0 aromatic rings. The highest BCUT2D eigenvalue weighted by Gasteiger charge is 2.67. The van der Waals surface area contributed by atoms with Gasteiger partial charge in [-0.2, -0.15) is 0 Å². The molecule has 578 valence electrons. The second-order valence-electron chi connectivity index (χ2n) is 49.6. The maximum Gasteiger partial charge on any atom is -0.0235 e. The lowest BCUT2D eigenvalue weighted by atomic mass is 9.38. The van der Waals surface area contributed by atoms with Gasteiger partial charge in [0.25, 0.3) is 0 Å². The molecule has 0 N–H and O–H groups in total. The van der Waals surface area contributed by atoms with Gasteiger partial charge >= 0.3 is 0 Å². The zero-order valence-electron chi connectivity index (χ0n) is 72.2. The van der Waals surface area contributed by atoms with Gasteiger partial charge in [0.1, 0.15) is 0 Å². The van der Waals surface area contributed by atoms with Crippen molar-refractivity contribution in [3.05, 3.63) is 0 Å². The lowest BCUT2D eigenvalue weighted by molar-refractivity contribution is -0.162. The van der Waals surface area contributed by atoms with E-state index in [9.17, 15) is 0 Å². The molecule has 0 radical (unpaired) electrons. The van der Waals surface area contributed by atoms with Crippen LogP contribution in [0.15, 0.2) is 0 Å². The molecule has 18 aliphatic rings. The van der Waals surface area contributed by atoms with Crippen LogP contribution in [0.2, 0.25) is 0 Å². The van der Waals surface area contributed by atoms with Crippen molar-refractivity contribution in [1.29, 1.82) is 0 Å². The van der Waals surface area contributed by atoms with Crippen LogP contribution in [0.1, 0.15) is 464 Å². The van der Waals surface area contributed by atoms with E-state index in [0.29, 0.717) is 54.1 Å². The van der Waals surface area contributed by atoms with Crippen LogP contribution in [0.3, 0.4) is 0 Å². The Hall–Kier alpha value is 0. The highest BCUT2D eigenvalue weighted by Crippen LogP contribution is 2.77. The average molecular weight is 1370 g/mol. The second-order valence-corrected chi connectivity index (χ2v) is 49.6. The van der Waals surface area contributed by atoms with E-state index in [4.69, 9.17) is 0 Å². The number of rotatable bonds is 7. The van der Waals surface area contributed by atoms with Crippen molar-refractivity contribution in [2.24, 2.45) is 164 Å². The van der Waals surface area contributed by atoms with Crippen molar-refractivity contribution in [1.82, 2.24) is 0 Å². The minimum Gasteiger partial charge on any atom is -0.0776 e. The van der Waals surface area contributed by atoms with Crippen molar-refractivity contribution in [3.8, 4) is 0 Å². The first-order valence-electron chi connectivity index (χ1n) is 45.1. The van der Waals surface area contributed by atoms with Crippen molar-refractivity contribution >= 4 is 0 Å². The van der Waals surface area contributed by atoms with Gasteiger partial charge in [0.05, 0.1) is 0 Å². The van der Waals surface area contributed by atoms with Gasteiger partial charge < -0.3 is 0 Å². The van der Waals surface area contributed by atoms with E-state index in [2.05, 4.69) is 187 Å². The topological polar surface area (TPSA) is 0 Å². The first-order chi connectivity index (χ1) is 45.1. The van der Waals surface area contributed by atoms with E-state index in [1.807, 2.05) is 0 Å². The van der Waals surface area contributed by atoms with Crippen molar-refractivity contribution in [2.75, 3.05) is 0 Å². The molecule has 0 aliphatic heterocycles. The Bertz CT molecular complexity index is 2370. The summed E-state index contributed by atoms with van der Waals surface area (Å²) in [7, 11) is 0. The Labute approximate surface area is 623 Å². The third-order valence-electron chi connectivity index (χ3n) is 36.7. The summed E-state index contributed by atoms with van der Waals surface area (Å²) in [6.45, 7) is 67.4. The van der Waals surface area contributed by atoms with Crippen LogP contribution < -0.4 is 0 Å². The van der Waals surface area contributed by atoms with E-state index >= 15 is 0 Å². The summed E-state index contributed by atoms with van der Waals surface area (Å²) in [5.74, 6) is 12.4. The van der Waals surface area contributed by atoms with Crippen LogP contribution in [-0.2, 0) is 0 Å². The predicted octanol–water partition coefficient (Wildman–Crippen LogP) is 32.5. The van der Waals surface area contributed by atoms with Crippen LogP contribution in [0, 0.1) is 164 Å². The standard InChI is InChI=1S/C15H26.C14H24.4C14H26.C13H24.CH4/c1-11(2)15-7-12-5-13(3,9-15)8-14(4,6-12)10-15;1-10(2)14-8-12(3)5-11(14)6-13(4,7-12)9-14;2*1-11(2)12-13(3)7-5-9-14(12,4)10-6-8-13;2*1-11(2)12-8-13(3)6-5-7-14(4,9-12)10-13;1-11(2)13-8-4-6-12(3,10-13)7-5-9-13;/h11-12H,5-10H2,1-4H3;10-11H,5-9H2,1-4H3;4*11-12H,5-10H2,1-4H3;11H,4-10H2,1-3H3;1H4. The molecule has 18 bridgehead atoms. The molecule has 99 heavy (non-hydrogen) atoms. The molecular weight excluding hydrogens is 1190 g/mol. The van der Waals surface area contributed by atoms with E-state index in [1.54, 1.807) is 19.3 Å². The number of fused-ring (bicyclic) bond motifs is 10. The van der Waals surface area contributed by atoms with E-state index in [1.165, 1.54) is 250 Å². The van der Waals surface area contributed by atoms with Crippen LogP contribution in [0.25, 0.3) is 0 Å². The molecule has 0 spiro atoms. The second kappa shape index (κ2) is 29.4. The molecule has 8 unspecified atom stereocenters. The lowest BCUT2D eigenvalue weighted by Gasteiger charge is -2.67. The van der Waals surface area contributed by atoms with Gasteiger partial charge in [0.2, 0.25) is 0 Å². The predicted molar refractivity (Wildman–Crippen MR) is 438 cm³/mol. The number of hydrogen-bond acceptors (Lipinski definition) is 0. The molecule has 0 heteroatoms. The fourth-order valence-electron chi connectivity index (χ4n) is 34.9. The van der Waals surface area contributed by atoms with Crippen molar-refractivity contribution in [2.45, 2.75) is 464 Å². The summed E-state index contributed by atoms with van der Waals surface area (Å²) in [6, 6.07) is 0. The Kier molecular flexibility index (Phi) is 24.7. The van der Waals surface area contributed by atoms with Gasteiger partial charge in [-0.3, -0.25) is 0 Å². The average Bonchev–Trinajstić information content (AvgIpc) is 1.60. The first-order valence-corrected chi connectivity index (χ1v) is 45.1. The monoisotopic (exact) mass is 1370 g/mol. The summed E-state index contributed by atoms with van der Waals surface area (Å²) < 4.78 is 0. The molecule has 0 aromatic carbocycles. The smallest absolute Gasteiger partial charge is 0.0235 e. The Morgan fingerprint density at radius 1 is 0.222 bits per heavy atom. The SMILES string of the molecule is C.CC(C)C12CC3(C)CC1CC(C)(C3)C2.CC(C)C12CC3CC(C)(CC(C)(C3)C1)C2.CC(C)C12CCCC(C)(CCC1)C2.CC(C)C1C2(C)CCCC1(C)CCC2.CC(C)C1C2(C)CCCC1(C)CCC2.CC(C)C1CC2(C)CCCC(C)(C1)C2.CC(C)C1CC2(C)CCCC(C)(C1)C2. The van der Waals surface area contributed by atoms with E-state index < -0.39 is 0 Å². The fraction of sp³-hybridized carbons (Fsp3) is 1.00. The summed E-state index contributed by atoms with van der Waals surface area (Å²) in [5, 5.41) is 0. The van der Waals surface area contributed by atoms with Gasteiger partial charge in [-0.05, 0) is 382 Å². The largest absolute Gasteiger partial charge is 0.0776 e. The molecule has 0 amide bonds. The Morgan fingerprint density at radius 3 is 0.727 bits per heavy atom. The minimum atomic E-state index is 0. The summed E-state index contributed by atoms with van der Waals surface area (Å²) in [6.07, 6.45) is 63.2. The molecule has 18 aliphatic carbocycles. The van der Waals surface area contributed by atoms with Gasteiger partial charge in [-0.25, -0.2) is 0 Å². The lowest BCUT2D eigenvalue weighted by Crippen LogP contribution is -2.56. The van der Waals surface area contributed by atoms with Crippen LogP contribution >= 0.6 is 0 Å². The van der Waals surface area contributed by atoms with E-state index in [-0.39, 0.29) is 7.43 Å². The molecule has 0 aromatic heterocycles. The molecule has 8 atom stereocenters. The first kappa shape index (κ1) is 83.0. The summed E-state index contributed by atoms with van der Waals surface area (Å²) >= 11 is 0. The quantitative estimate of drug-likeness (QED) is 0.238. The molecule has 18 rings (SSSR count). The van der Waals surface area contributed by atoms with Crippen molar-refractivity contribution in [3.63, 3.8) is 0 Å².